The first kappa shape index (κ1) is 16.2. The Bertz CT molecular complexity index is 694. The summed E-state index contributed by atoms with van der Waals surface area (Å²) < 4.78 is 32.5. The molecule has 1 aromatic carbocycles. The fourth-order valence-corrected chi connectivity index (χ4v) is 4.61. The highest BCUT2D eigenvalue weighted by molar-refractivity contribution is 7.89. The van der Waals surface area contributed by atoms with Gasteiger partial charge in [-0.25, -0.2) is 8.42 Å². The summed E-state index contributed by atoms with van der Waals surface area (Å²) in [6.45, 7) is 2.75. The van der Waals surface area contributed by atoms with Crippen LogP contribution >= 0.6 is 0 Å². The molecule has 0 N–H and O–H groups in total. The molecule has 2 fully saturated rings. The zero-order valence-electron chi connectivity index (χ0n) is 12.7. The summed E-state index contributed by atoms with van der Waals surface area (Å²) in [4.78, 5) is 12.5. The van der Waals surface area contributed by atoms with Gasteiger partial charge in [-0.15, -0.1) is 0 Å². The molecular formula is C14H19N3O5S. The molecule has 126 valence electrons. The number of sulfonamides is 1. The smallest absolute Gasteiger partial charge is 0.270 e. The lowest BCUT2D eigenvalue weighted by atomic mass is 10.2. The second kappa shape index (κ2) is 6.42. The third-order valence-electron chi connectivity index (χ3n) is 4.19. The maximum absolute atomic E-state index is 13.0. The van der Waals surface area contributed by atoms with Gasteiger partial charge in [-0.3, -0.25) is 10.1 Å². The van der Waals surface area contributed by atoms with Gasteiger partial charge < -0.3 is 9.64 Å². The average Bonchev–Trinajstić information content (AvgIpc) is 3.09. The van der Waals surface area contributed by atoms with Gasteiger partial charge in [0.2, 0.25) is 10.0 Å². The van der Waals surface area contributed by atoms with Crippen LogP contribution in [0.4, 0.5) is 11.4 Å². The highest BCUT2D eigenvalue weighted by Crippen LogP contribution is 2.33. The summed E-state index contributed by atoms with van der Waals surface area (Å²) in [5.74, 6) is 0. The van der Waals surface area contributed by atoms with E-state index >= 15 is 0 Å². The zero-order valence-corrected chi connectivity index (χ0v) is 13.5. The topological polar surface area (TPSA) is 93.0 Å². The number of rotatable bonds is 4. The molecule has 0 atom stereocenters. The lowest BCUT2D eigenvalue weighted by molar-refractivity contribution is -0.385. The second-order valence-electron chi connectivity index (χ2n) is 5.62. The number of non-ortho nitro benzene ring substituents is 1. The Morgan fingerprint density at radius 3 is 2.35 bits per heavy atom. The highest BCUT2D eigenvalue weighted by atomic mass is 32.2. The minimum Gasteiger partial charge on any atom is -0.379 e. The van der Waals surface area contributed by atoms with Crippen LogP contribution in [-0.4, -0.2) is 57.0 Å². The molecule has 0 spiro atoms. The van der Waals surface area contributed by atoms with E-state index in [9.17, 15) is 18.5 Å². The lowest BCUT2D eigenvalue weighted by Gasteiger charge is -2.28. The minimum atomic E-state index is -3.78. The summed E-state index contributed by atoms with van der Waals surface area (Å²) in [6.07, 6.45) is 1.99. The molecule has 2 aliphatic heterocycles. The van der Waals surface area contributed by atoms with Gasteiger partial charge >= 0.3 is 0 Å². The van der Waals surface area contributed by atoms with Crippen LogP contribution in [0, 0.1) is 10.1 Å². The minimum absolute atomic E-state index is 0.0236. The molecule has 0 aromatic heterocycles. The van der Waals surface area contributed by atoms with Gasteiger partial charge in [-0.2, -0.15) is 4.31 Å². The SMILES string of the molecule is O=[N+]([O-])c1ccc(N2CCCC2)c(S(=O)(=O)N2CCOCC2)c1. The van der Waals surface area contributed by atoms with Crippen molar-refractivity contribution in [1.29, 1.82) is 0 Å². The molecule has 9 heteroatoms. The van der Waals surface area contributed by atoms with Gasteiger partial charge in [0, 0.05) is 38.3 Å². The number of nitro groups is 1. The Hall–Kier alpha value is -1.71. The van der Waals surface area contributed by atoms with E-state index in [4.69, 9.17) is 4.74 Å². The van der Waals surface area contributed by atoms with E-state index in [-0.39, 0.29) is 23.7 Å². The monoisotopic (exact) mass is 341 g/mol. The molecule has 0 bridgehead atoms. The molecule has 2 aliphatic rings. The number of hydrogen-bond acceptors (Lipinski definition) is 6. The Morgan fingerprint density at radius 2 is 1.74 bits per heavy atom. The summed E-state index contributed by atoms with van der Waals surface area (Å²) >= 11 is 0. The van der Waals surface area contributed by atoms with Crippen molar-refractivity contribution >= 4 is 21.4 Å². The van der Waals surface area contributed by atoms with E-state index < -0.39 is 14.9 Å². The van der Waals surface area contributed by atoms with Crippen LogP contribution in [0.25, 0.3) is 0 Å². The number of nitrogens with zero attached hydrogens (tertiary/aromatic N) is 3. The quantitative estimate of drug-likeness (QED) is 0.604. The predicted octanol–water partition coefficient (Wildman–Crippen LogP) is 1.22. The Balaban J connectivity index is 2.06. The van der Waals surface area contributed by atoms with E-state index in [2.05, 4.69) is 0 Å². The fraction of sp³-hybridized carbons (Fsp3) is 0.571. The van der Waals surface area contributed by atoms with Crippen molar-refractivity contribution in [3.63, 3.8) is 0 Å². The molecule has 0 amide bonds. The first-order chi connectivity index (χ1) is 11.0. The number of morpholine rings is 1. The van der Waals surface area contributed by atoms with Crippen LogP contribution in [-0.2, 0) is 14.8 Å². The van der Waals surface area contributed by atoms with Gasteiger partial charge in [0.05, 0.1) is 23.8 Å². The first-order valence-electron chi connectivity index (χ1n) is 7.61. The fourth-order valence-electron chi connectivity index (χ4n) is 2.97. The van der Waals surface area contributed by atoms with Crippen molar-refractivity contribution in [3.8, 4) is 0 Å². The second-order valence-corrected chi connectivity index (χ2v) is 7.53. The van der Waals surface area contributed by atoms with E-state index in [1.807, 2.05) is 4.90 Å². The molecule has 2 heterocycles. The Morgan fingerprint density at radius 1 is 1.09 bits per heavy atom. The standard InChI is InChI=1S/C14H19N3O5S/c18-17(19)12-3-4-13(15-5-1-2-6-15)14(11-12)23(20,21)16-7-9-22-10-8-16/h3-4,11H,1-2,5-10H2. The van der Waals surface area contributed by atoms with E-state index in [0.29, 0.717) is 18.9 Å². The molecule has 23 heavy (non-hydrogen) atoms. The van der Waals surface area contributed by atoms with E-state index in [1.165, 1.54) is 16.4 Å². The zero-order chi connectivity index (χ0) is 16.4. The summed E-state index contributed by atoms with van der Waals surface area (Å²) in [7, 11) is -3.78. The molecule has 0 aliphatic carbocycles. The van der Waals surface area contributed by atoms with Crippen molar-refractivity contribution in [3.05, 3.63) is 28.3 Å². The molecule has 1 aromatic rings. The Kier molecular flexibility index (Phi) is 4.51. The predicted molar refractivity (Wildman–Crippen MR) is 84.1 cm³/mol. The van der Waals surface area contributed by atoms with Crippen LogP contribution in [0.2, 0.25) is 0 Å². The molecule has 3 rings (SSSR count). The maximum Gasteiger partial charge on any atom is 0.270 e. The molecule has 2 saturated heterocycles. The number of anilines is 1. The van der Waals surface area contributed by atoms with Crippen molar-refractivity contribution in [1.82, 2.24) is 4.31 Å². The van der Waals surface area contributed by atoms with Crippen molar-refractivity contribution in [2.24, 2.45) is 0 Å². The van der Waals surface area contributed by atoms with Crippen LogP contribution < -0.4 is 4.90 Å². The third-order valence-corrected chi connectivity index (χ3v) is 6.12. The Labute approximate surface area is 134 Å². The molecule has 0 saturated carbocycles. The number of ether oxygens (including phenoxy) is 1. The molecule has 8 nitrogen and oxygen atoms in total. The summed E-state index contributed by atoms with van der Waals surface area (Å²) in [5, 5.41) is 11.1. The van der Waals surface area contributed by atoms with Gasteiger partial charge in [0.15, 0.2) is 0 Å². The average molecular weight is 341 g/mol. The molecule has 0 radical (unpaired) electrons. The van der Waals surface area contributed by atoms with Crippen molar-refractivity contribution in [2.75, 3.05) is 44.3 Å². The number of hydrogen-bond donors (Lipinski definition) is 0. The maximum atomic E-state index is 13.0. The highest BCUT2D eigenvalue weighted by Gasteiger charge is 2.32. The van der Waals surface area contributed by atoms with Gasteiger partial charge in [0.1, 0.15) is 4.90 Å². The van der Waals surface area contributed by atoms with E-state index in [1.54, 1.807) is 6.07 Å². The van der Waals surface area contributed by atoms with Gasteiger partial charge in [-0.1, -0.05) is 0 Å². The third kappa shape index (κ3) is 3.17. The summed E-state index contributed by atoms with van der Waals surface area (Å²) in [5.41, 5.74) is 0.347. The lowest BCUT2D eigenvalue weighted by Crippen LogP contribution is -2.41. The summed E-state index contributed by atoms with van der Waals surface area (Å²) in [6, 6.07) is 4.10. The van der Waals surface area contributed by atoms with Crippen LogP contribution in [0.3, 0.4) is 0 Å². The number of benzene rings is 1. The number of nitro benzene ring substituents is 1. The van der Waals surface area contributed by atoms with Gasteiger partial charge in [0.25, 0.3) is 5.69 Å². The van der Waals surface area contributed by atoms with Crippen LogP contribution in [0.15, 0.2) is 23.1 Å². The van der Waals surface area contributed by atoms with Crippen molar-refractivity contribution < 1.29 is 18.1 Å². The van der Waals surface area contributed by atoms with E-state index in [0.717, 1.165) is 25.9 Å². The largest absolute Gasteiger partial charge is 0.379 e. The first-order valence-corrected chi connectivity index (χ1v) is 9.05. The normalized spacial score (nSPS) is 19.9. The van der Waals surface area contributed by atoms with Crippen molar-refractivity contribution in [2.45, 2.75) is 17.7 Å². The van der Waals surface area contributed by atoms with Gasteiger partial charge in [-0.05, 0) is 18.9 Å². The van der Waals surface area contributed by atoms with Crippen LogP contribution in [0.1, 0.15) is 12.8 Å². The van der Waals surface area contributed by atoms with Crippen LogP contribution in [0.5, 0.6) is 0 Å². The molecular weight excluding hydrogens is 322 g/mol. The molecule has 0 unspecified atom stereocenters.